The summed E-state index contributed by atoms with van der Waals surface area (Å²) in [5.41, 5.74) is 6.84. The summed E-state index contributed by atoms with van der Waals surface area (Å²) in [4.78, 5) is 0. The van der Waals surface area contributed by atoms with Crippen molar-refractivity contribution in [1.29, 1.82) is 0 Å². The van der Waals surface area contributed by atoms with E-state index in [4.69, 9.17) is 5.73 Å². The summed E-state index contributed by atoms with van der Waals surface area (Å²) in [7, 11) is 0. The molecule has 78 valence electrons. The predicted octanol–water partition coefficient (Wildman–Crippen LogP) is 3.42. The summed E-state index contributed by atoms with van der Waals surface area (Å²) in [5, 5.41) is 0. The standard InChI is InChI=1S/C10H11BrFN.ClH/c11-8-4-3-7(5-9(8)12)10(13)6-1-2-6;/h3-6,10H,1-2,13H2;1H/t10-;/m0./s1. The molecule has 2 N–H and O–H groups in total. The third-order valence-corrected chi connectivity index (χ3v) is 3.10. The van der Waals surface area contributed by atoms with E-state index >= 15 is 0 Å². The van der Waals surface area contributed by atoms with Gasteiger partial charge in [-0.1, -0.05) is 6.07 Å². The Balaban J connectivity index is 0.000000980. The maximum Gasteiger partial charge on any atom is 0.137 e. The third-order valence-electron chi connectivity index (χ3n) is 2.46. The zero-order chi connectivity index (χ0) is 9.42. The highest BCUT2D eigenvalue weighted by Crippen LogP contribution is 2.39. The Bertz CT molecular complexity index is 328. The van der Waals surface area contributed by atoms with Crippen molar-refractivity contribution in [2.45, 2.75) is 18.9 Å². The van der Waals surface area contributed by atoms with Gasteiger partial charge in [-0.15, -0.1) is 12.4 Å². The van der Waals surface area contributed by atoms with Crippen LogP contribution in [0.3, 0.4) is 0 Å². The molecule has 1 aromatic rings. The maximum atomic E-state index is 13.1. The van der Waals surface area contributed by atoms with E-state index in [1.165, 1.54) is 18.9 Å². The highest BCUT2D eigenvalue weighted by molar-refractivity contribution is 9.10. The van der Waals surface area contributed by atoms with E-state index in [-0.39, 0.29) is 24.3 Å². The lowest BCUT2D eigenvalue weighted by Gasteiger charge is -2.10. The molecule has 4 heteroatoms. The van der Waals surface area contributed by atoms with Crippen molar-refractivity contribution in [3.05, 3.63) is 34.1 Å². The van der Waals surface area contributed by atoms with Crippen molar-refractivity contribution in [1.82, 2.24) is 0 Å². The SMILES string of the molecule is Cl.N[C@H](c1ccc(Br)c(F)c1)C1CC1. The molecular weight excluding hydrogens is 268 g/mol. The van der Waals surface area contributed by atoms with Gasteiger partial charge in [-0.2, -0.15) is 0 Å². The Kier molecular flexibility index (Phi) is 3.93. The first kappa shape index (κ1) is 12.0. The number of halogens is 3. The number of benzene rings is 1. The Labute approximate surface area is 97.4 Å². The van der Waals surface area contributed by atoms with Crippen molar-refractivity contribution < 1.29 is 4.39 Å². The highest BCUT2D eigenvalue weighted by Gasteiger charge is 2.29. The molecule has 0 aromatic heterocycles. The van der Waals surface area contributed by atoms with Crippen molar-refractivity contribution in [3.63, 3.8) is 0 Å². The fourth-order valence-electron chi connectivity index (χ4n) is 1.45. The van der Waals surface area contributed by atoms with Crippen LogP contribution in [0, 0.1) is 11.7 Å². The molecule has 1 fully saturated rings. The number of rotatable bonds is 2. The van der Waals surface area contributed by atoms with E-state index in [1.54, 1.807) is 6.07 Å². The van der Waals surface area contributed by atoms with Crippen LogP contribution >= 0.6 is 28.3 Å². The molecule has 0 radical (unpaired) electrons. The van der Waals surface area contributed by atoms with E-state index < -0.39 is 0 Å². The summed E-state index contributed by atoms with van der Waals surface area (Å²) in [6, 6.07) is 5.14. The van der Waals surface area contributed by atoms with E-state index in [0.717, 1.165) is 5.56 Å². The van der Waals surface area contributed by atoms with Crippen LogP contribution < -0.4 is 5.73 Å². The molecule has 2 rings (SSSR count). The lowest BCUT2D eigenvalue weighted by Crippen LogP contribution is -2.12. The van der Waals surface area contributed by atoms with Gasteiger partial charge in [0.1, 0.15) is 5.82 Å². The number of hydrogen-bond acceptors (Lipinski definition) is 1. The van der Waals surface area contributed by atoms with Crippen molar-refractivity contribution in [3.8, 4) is 0 Å². The van der Waals surface area contributed by atoms with Gasteiger partial charge in [0.05, 0.1) is 4.47 Å². The van der Waals surface area contributed by atoms with Crippen LogP contribution in [0.25, 0.3) is 0 Å². The van der Waals surface area contributed by atoms with Crippen LogP contribution in [0.4, 0.5) is 4.39 Å². The van der Waals surface area contributed by atoms with E-state index in [0.29, 0.717) is 10.4 Å². The zero-order valence-corrected chi connectivity index (χ0v) is 9.94. The molecular formula is C10H12BrClFN. The number of hydrogen-bond donors (Lipinski definition) is 1. The summed E-state index contributed by atoms with van der Waals surface area (Å²) in [6.07, 6.45) is 2.36. The number of nitrogens with two attached hydrogens (primary N) is 1. The minimum Gasteiger partial charge on any atom is -0.324 e. The van der Waals surface area contributed by atoms with Gasteiger partial charge in [0, 0.05) is 6.04 Å². The molecule has 1 saturated carbocycles. The largest absolute Gasteiger partial charge is 0.324 e. The first-order chi connectivity index (χ1) is 6.18. The second-order valence-corrected chi connectivity index (χ2v) is 4.39. The maximum absolute atomic E-state index is 13.1. The second-order valence-electron chi connectivity index (χ2n) is 3.54. The fraction of sp³-hybridized carbons (Fsp3) is 0.400. The lowest BCUT2D eigenvalue weighted by atomic mass is 10.0. The third kappa shape index (κ3) is 2.47. The Morgan fingerprint density at radius 1 is 1.43 bits per heavy atom. The first-order valence-corrected chi connectivity index (χ1v) is 5.18. The summed E-state index contributed by atoms with van der Waals surface area (Å²) in [5.74, 6) is 0.342. The molecule has 1 nitrogen and oxygen atoms in total. The molecule has 1 aromatic carbocycles. The van der Waals surface area contributed by atoms with Crippen LogP contribution in [0.5, 0.6) is 0 Å². The lowest BCUT2D eigenvalue weighted by molar-refractivity contribution is 0.597. The van der Waals surface area contributed by atoms with Crippen LogP contribution in [0.15, 0.2) is 22.7 Å². The van der Waals surface area contributed by atoms with Gasteiger partial charge in [-0.3, -0.25) is 0 Å². The van der Waals surface area contributed by atoms with Gasteiger partial charge in [0.25, 0.3) is 0 Å². The summed E-state index contributed by atoms with van der Waals surface area (Å²) in [6.45, 7) is 0. The van der Waals surface area contributed by atoms with E-state index in [2.05, 4.69) is 15.9 Å². The molecule has 0 bridgehead atoms. The smallest absolute Gasteiger partial charge is 0.137 e. The Morgan fingerprint density at radius 3 is 2.57 bits per heavy atom. The van der Waals surface area contributed by atoms with Crippen molar-refractivity contribution in [2.24, 2.45) is 11.7 Å². The van der Waals surface area contributed by atoms with Crippen LogP contribution in [0.2, 0.25) is 0 Å². The summed E-state index contributed by atoms with van der Waals surface area (Å²) < 4.78 is 13.6. The molecule has 1 atom stereocenters. The van der Waals surface area contributed by atoms with Gasteiger partial charge in [-0.05, 0) is 52.4 Å². The molecule has 1 aliphatic carbocycles. The topological polar surface area (TPSA) is 26.0 Å². The van der Waals surface area contributed by atoms with Gasteiger partial charge in [0.2, 0.25) is 0 Å². The zero-order valence-electron chi connectivity index (χ0n) is 7.54. The fourth-order valence-corrected chi connectivity index (χ4v) is 1.69. The van der Waals surface area contributed by atoms with Crippen molar-refractivity contribution >= 4 is 28.3 Å². The average Bonchev–Trinajstić information content (AvgIpc) is 2.91. The molecule has 1 aliphatic rings. The van der Waals surface area contributed by atoms with E-state index in [1.807, 2.05) is 6.07 Å². The predicted molar refractivity (Wildman–Crippen MR) is 61.0 cm³/mol. The molecule has 0 unspecified atom stereocenters. The monoisotopic (exact) mass is 279 g/mol. The van der Waals surface area contributed by atoms with Crippen LogP contribution in [-0.2, 0) is 0 Å². The van der Waals surface area contributed by atoms with Crippen LogP contribution in [0.1, 0.15) is 24.4 Å². The van der Waals surface area contributed by atoms with Gasteiger partial charge in [0.15, 0.2) is 0 Å². The quantitative estimate of drug-likeness (QED) is 0.882. The second kappa shape index (κ2) is 4.60. The van der Waals surface area contributed by atoms with Gasteiger partial charge in [-0.25, -0.2) is 4.39 Å². The molecule has 0 saturated heterocycles. The normalized spacial score (nSPS) is 17.4. The Hall–Kier alpha value is -0.120. The molecule has 0 heterocycles. The average molecular weight is 281 g/mol. The van der Waals surface area contributed by atoms with E-state index in [9.17, 15) is 4.39 Å². The molecule has 0 amide bonds. The Morgan fingerprint density at radius 2 is 2.07 bits per heavy atom. The summed E-state index contributed by atoms with van der Waals surface area (Å²) >= 11 is 3.12. The molecule has 14 heavy (non-hydrogen) atoms. The highest BCUT2D eigenvalue weighted by atomic mass is 79.9. The molecule has 0 spiro atoms. The minimum atomic E-state index is -0.228. The van der Waals surface area contributed by atoms with Gasteiger partial charge < -0.3 is 5.73 Å². The molecule has 0 aliphatic heterocycles. The van der Waals surface area contributed by atoms with Crippen LogP contribution in [-0.4, -0.2) is 0 Å². The minimum absolute atomic E-state index is 0. The van der Waals surface area contributed by atoms with Gasteiger partial charge >= 0.3 is 0 Å². The van der Waals surface area contributed by atoms with Crippen molar-refractivity contribution in [2.75, 3.05) is 0 Å². The first-order valence-electron chi connectivity index (χ1n) is 4.39.